The Kier molecular flexibility index (Phi) is 4.58. The van der Waals surface area contributed by atoms with E-state index >= 15 is 0 Å². The zero-order chi connectivity index (χ0) is 16.2. The van der Waals surface area contributed by atoms with Crippen LogP contribution in [0.25, 0.3) is 6.08 Å². The summed E-state index contributed by atoms with van der Waals surface area (Å²) in [4.78, 5) is 16.5. The number of hydrogen-bond acceptors (Lipinski definition) is 2. The van der Waals surface area contributed by atoms with Gasteiger partial charge < -0.3 is 5.32 Å². The number of aliphatic imine (C=N–C) groups is 1. The maximum Gasteiger partial charge on any atom is 0.275 e. The summed E-state index contributed by atoms with van der Waals surface area (Å²) < 4.78 is 0. The van der Waals surface area contributed by atoms with E-state index in [2.05, 4.69) is 10.3 Å². The van der Waals surface area contributed by atoms with E-state index in [9.17, 15) is 4.79 Å². The molecule has 3 nitrogen and oxygen atoms in total. The van der Waals surface area contributed by atoms with Crippen LogP contribution in [0.2, 0.25) is 5.02 Å². The number of rotatable bonds is 4. The normalized spacial score (nSPS) is 15.7. The molecule has 0 aliphatic carbocycles. The molecule has 1 heterocycles. The highest BCUT2D eigenvalue weighted by molar-refractivity contribution is 6.30. The molecule has 1 aliphatic rings. The van der Waals surface area contributed by atoms with Gasteiger partial charge in [-0.2, -0.15) is 0 Å². The van der Waals surface area contributed by atoms with Crippen molar-refractivity contribution in [2.75, 3.05) is 0 Å². The number of nitrogens with one attached hydrogen (secondary N) is 1. The van der Waals surface area contributed by atoms with Crippen LogP contribution in [-0.4, -0.2) is 11.7 Å². The highest BCUT2D eigenvalue weighted by atomic mass is 35.5. The smallest absolute Gasteiger partial charge is 0.275 e. The van der Waals surface area contributed by atoms with Gasteiger partial charge in [-0.25, -0.2) is 4.99 Å². The Hall–Kier alpha value is -2.39. The van der Waals surface area contributed by atoms with Crippen molar-refractivity contribution in [3.8, 4) is 0 Å². The lowest BCUT2D eigenvalue weighted by molar-refractivity contribution is -0.115. The Bertz CT molecular complexity index is 809. The zero-order valence-electron chi connectivity index (χ0n) is 12.8. The Balaban J connectivity index is 1.73. The molecular formula is C19H17ClN2O. The van der Waals surface area contributed by atoms with Crippen LogP contribution in [0.3, 0.4) is 0 Å². The molecule has 1 N–H and O–H groups in total. The fraction of sp³-hybridized carbons (Fsp3) is 0.158. The van der Waals surface area contributed by atoms with Gasteiger partial charge in [0.25, 0.3) is 5.91 Å². The van der Waals surface area contributed by atoms with Crippen LogP contribution in [0.5, 0.6) is 0 Å². The molecule has 0 fully saturated rings. The predicted octanol–water partition coefficient (Wildman–Crippen LogP) is 4.15. The number of amidine groups is 1. The van der Waals surface area contributed by atoms with Crippen molar-refractivity contribution in [3.63, 3.8) is 0 Å². The lowest BCUT2D eigenvalue weighted by atomic mass is 10.1. The standard InChI is InChI=1S/C19H17ClN2O/c1-13-5-2-3-7-15(13)12-17-19(23)22-18(21-17)10-9-14-6-4-8-16(20)11-14/h2-8,11-12H,9-10H2,1H3,(H,21,22,23)/b17-12-. The van der Waals surface area contributed by atoms with Gasteiger partial charge in [0, 0.05) is 11.4 Å². The van der Waals surface area contributed by atoms with Crippen molar-refractivity contribution in [3.05, 3.63) is 75.9 Å². The van der Waals surface area contributed by atoms with Gasteiger partial charge in [-0.05, 0) is 48.2 Å². The Labute approximate surface area is 140 Å². The van der Waals surface area contributed by atoms with Crippen LogP contribution >= 0.6 is 11.6 Å². The molecule has 0 radical (unpaired) electrons. The van der Waals surface area contributed by atoms with Crippen molar-refractivity contribution in [2.45, 2.75) is 19.8 Å². The minimum absolute atomic E-state index is 0.144. The second kappa shape index (κ2) is 6.80. The van der Waals surface area contributed by atoms with E-state index in [1.54, 1.807) is 0 Å². The van der Waals surface area contributed by atoms with Gasteiger partial charge >= 0.3 is 0 Å². The van der Waals surface area contributed by atoms with E-state index in [0.29, 0.717) is 18.0 Å². The van der Waals surface area contributed by atoms with Crippen LogP contribution in [0.1, 0.15) is 23.1 Å². The number of carbonyl (C=O) groups is 1. The van der Waals surface area contributed by atoms with E-state index < -0.39 is 0 Å². The molecule has 116 valence electrons. The third kappa shape index (κ3) is 3.88. The average molecular weight is 325 g/mol. The van der Waals surface area contributed by atoms with Crippen molar-refractivity contribution < 1.29 is 4.79 Å². The number of benzene rings is 2. The first-order valence-corrected chi connectivity index (χ1v) is 7.90. The predicted molar refractivity (Wildman–Crippen MR) is 94.5 cm³/mol. The molecule has 1 amide bonds. The van der Waals surface area contributed by atoms with E-state index in [-0.39, 0.29) is 5.91 Å². The van der Waals surface area contributed by atoms with Crippen molar-refractivity contribution in [2.24, 2.45) is 4.99 Å². The minimum Gasteiger partial charge on any atom is -0.309 e. The van der Waals surface area contributed by atoms with Gasteiger partial charge in [-0.3, -0.25) is 4.79 Å². The van der Waals surface area contributed by atoms with Gasteiger partial charge in [-0.1, -0.05) is 48.0 Å². The summed E-state index contributed by atoms with van der Waals surface area (Å²) in [7, 11) is 0. The second-order valence-electron chi connectivity index (χ2n) is 5.53. The number of nitrogens with zero attached hydrogens (tertiary/aromatic N) is 1. The summed E-state index contributed by atoms with van der Waals surface area (Å²) in [6.07, 6.45) is 3.30. The summed E-state index contributed by atoms with van der Waals surface area (Å²) in [6.45, 7) is 2.02. The highest BCUT2D eigenvalue weighted by Crippen LogP contribution is 2.17. The fourth-order valence-corrected chi connectivity index (χ4v) is 2.70. The fourth-order valence-electron chi connectivity index (χ4n) is 2.49. The molecule has 4 heteroatoms. The first-order valence-electron chi connectivity index (χ1n) is 7.52. The Morgan fingerprint density at radius 1 is 1.13 bits per heavy atom. The maximum atomic E-state index is 12.1. The number of halogens is 1. The molecule has 0 atom stereocenters. The van der Waals surface area contributed by atoms with Crippen LogP contribution in [0.4, 0.5) is 0 Å². The van der Waals surface area contributed by atoms with Crippen molar-refractivity contribution >= 4 is 29.4 Å². The van der Waals surface area contributed by atoms with Gasteiger partial charge in [-0.15, -0.1) is 0 Å². The molecular weight excluding hydrogens is 308 g/mol. The summed E-state index contributed by atoms with van der Waals surface area (Å²) in [5.41, 5.74) is 3.72. The zero-order valence-corrected chi connectivity index (χ0v) is 13.6. The summed E-state index contributed by atoms with van der Waals surface area (Å²) in [5, 5.41) is 3.56. The van der Waals surface area contributed by atoms with E-state index in [4.69, 9.17) is 11.6 Å². The van der Waals surface area contributed by atoms with Gasteiger partial charge in [0.05, 0.1) is 0 Å². The van der Waals surface area contributed by atoms with Crippen LogP contribution in [-0.2, 0) is 11.2 Å². The molecule has 0 unspecified atom stereocenters. The molecule has 3 rings (SSSR count). The van der Waals surface area contributed by atoms with Crippen LogP contribution in [0.15, 0.2) is 59.2 Å². The number of aryl methyl sites for hydroxylation is 2. The molecule has 0 aromatic heterocycles. The monoisotopic (exact) mass is 324 g/mol. The SMILES string of the molecule is Cc1ccccc1/C=C1\N=C(CCc2cccc(Cl)c2)NC1=O. The largest absolute Gasteiger partial charge is 0.309 e. The summed E-state index contributed by atoms with van der Waals surface area (Å²) >= 11 is 5.98. The van der Waals surface area contributed by atoms with Crippen molar-refractivity contribution in [1.82, 2.24) is 5.32 Å². The lowest BCUT2D eigenvalue weighted by Gasteiger charge is -2.01. The minimum atomic E-state index is -0.144. The first kappa shape index (κ1) is 15.5. The summed E-state index contributed by atoms with van der Waals surface area (Å²) in [5.74, 6) is 0.559. The molecule has 0 spiro atoms. The molecule has 0 bridgehead atoms. The quantitative estimate of drug-likeness (QED) is 0.843. The number of amides is 1. The molecule has 1 aliphatic heterocycles. The number of carbonyl (C=O) groups excluding carboxylic acids is 1. The van der Waals surface area contributed by atoms with Gasteiger partial charge in [0.15, 0.2) is 0 Å². The second-order valence-corrected chi connectivity index (χ2v) is 5.97. The molecule has 2 aromatic carbocycles. The molecule has 2 aromatic rings. The molecule has 0 saturated carbocycles. The number of hydrogen-bond donors (Lipinski definition) is 1. The Morgan fingerprint density at radius 2 is 1.96 bits per heavy atom. The van der Waals surface area contributed by atoms with Gasteiger partial charge in [0.1, 0.15) is 11.5 Å². The van der Waals surface area contributed by atoms with Crippen molar-refractivity contribution in [1.29, 1.82) is 0 Å². The topological polar surface area (TPSA) is 41.5 Å². The molecule has 23 heavy (non-hydrogen) atoms. The van der Waals surface area contributed by atoms with Gasteiger partial charge in [0.2, 0.25) is 0 Å². The van der Waals surface area contributed by atoms with Crippen LogP contribution in [0, 0.1) is 6.92 Å². The Morgan fingerprint density at radius 3 is 2.74 bits per heavy atom. The lowest BCUT2D eigenvalue weighted by Crippen LogP contribution is -2.24. The average Bonchev–Trinajstić information content (AvgIpc) is 2.88. The maximum absolute atomic E-state index is 12.1. The third-order valence-electron chi connectivity index (χ3n) is 3.77. The van der Waals surface area contributed by atoms with E-state index in [1.807, 2.05) is 61.5 Å². The first-order chi connectivity index (χ1) is 11.1. The summed E-state index contributed by atoms with van der Waals surface area (Å²) in [6, 6.07) is 15.7. The van der Waals surface area contributed by atoms with E-state index in [0.717, 1.165) is 28.1 Å². The van der Waals surface area contributed by atoms with Crippen LogP contribution < -0.4 is 5.32 Å². The highest BCUT2D eigenvalue weighted by Gasteiger charge is 2.19. The third-order valence-corrected chi connectivity index (χ3v) is 4.00. The van der Waals surface area contributed by atoms with E-state index in [1.165, 1.54) is 0 Å². The molecule has 0 saturated heterocycles.